The molecular formula is C21H22BrN5O2S. The Kier molecular flexibility index (Phi) is 6.01. The molecule has 1 amide bonds. The number of anilines is 1. The maximum Gasteiger partial charge on any atom is 0.240 e. The molecule has 0 bridgehead atoms. The molecule has 3 aromatic rings. The van der Waals surface area contributed by atoms with Crippen LogP contribution in [0, 0.1) is 6.92 Å². The summed E-state index contributed by atoms with van der Waals surface area (Å²) in [5.74, 6) is 1.39. The van der Waals surface area contributed by atoms with Gasteiger partial charge in [-0.3, -0.25) is 4.79 Å². The molecule has 0 spiro atoms. The Morgan fingerprint density at radius 2 is 2.10 bits per heavy atom. The molecule has 2 atom stereocenters. The topological polar surface area (TPSA) is 81.1 Å². The number of halogens is 1. The first kappa shape index (κ1) is 20.7. The van der Waals surface area contributed by atoms with E-state index in [1.807, 2.05) is 54.1 Å². The molecule has 2 N–H and O–H groups in total. The van der Waals surface area contributed by atoms with Crippen molar-refractivity contribution in [3.63, 3.8) is 0 Å². The van der Waals surface area contributed by atoms with E-state index in [-0.39, 0.29) is 11.9 Å². The predicted molar refractivity (Wildman–Crippen MR) is 122 cm³/mol. The number of carbonyl (C=O) groups is 1. The molecule has 7 nitrogen and oxygen atoms in total. The third-order valence-electron chi connectivity index (χ3n) is 5.05. The maximum absolute atomic E-state index is 13.4. The van der Waals surface area contributed by atoms with Crippen LogP contribution in [0.2, 0.25) is 0 Å². The quantitative estimate of drug-likeness (QED) is 0.557. The number of aromatic nitrogens is 3. The Labute approximate surface area is 187 Å². The second kappa shape index (κ2) is 8.69. The summed E-state index contributed by atoms with van der Waals surface area (Å²) in [6.07, 6.45) is 0.842. The third kappa shape index (κ3) is 3.91. The number of aryl methyl sites for hydroxylation is 2. The molecule has 2 aromatic carbocycles. The van der Waals surface area contributed by atoms with Crippen LogP contribution in [0.4, 0.5) is 5.69 Å². The monoisotopic (exact) mass is 487 g/mol. The van der Waals surface area contributed by atoms with Gasteiger partial charge >= 0.3 is 0 Å². The van der Waals surface area contributed by atoms with Crippen LogP contribution in [-0.4, -0.2) is 33.1 Å². The van der Waals surface area contributed by atoms with Gasteiger partial charge in [0.05, 0.1) is 17.6 Å². The Morgan fingerprint density at radius 1 is 1.30 bits per heavy atom. The van der Waals surface area contributed by atoms with Gasteiger partial charge in [0.15, 0.2) is 0 Å². The molecule has 0 saturated carbocycles. The lowest BCUT2D eigenvalue weighted by Crippen LogP contribution is -2.41. The number of amides is 1. The zero-order valence-electron chi connectivity index (χ0n) is 16.8. The fourth-order valence-electron chi connectivity index (χ4n) is 3.44. The van der Waals surface area contributed by atoms with Crippen molar-refractivity contribution in [1.29, 1.82) is 0 Å². The summed E-state index contributed by atoms with van der Waals surface area (Å²) in [6.45, 7) is 3.95. The molecule has 1 aromatic heterocycles. The summed E-state index contributed by atoms with van der Waals surface area (Å²) >= 11 is 4.96. The van der Waals surface area contributed by atoms with Crippen molar-refractivity contribution in [1.82, 2.24) is 14.9 Å². The number of rotatable bonds is 5. The first-order chi connectivity index (χ1) is 14.5. The summed E-state index contributed by atoms with van der Waals surface area (Å²) in [6, 6.07) is 13.4. The highest BCUT2D eigenvalue weighted by Gasteiger charge is 2.37. The second-order valence-electron chi connectivity index (χ2n) is 6.90. The van der Waals surface area contributed by atoms with Crippen LogP contribution in [0.5, 0.6) is 5.75 Å². The normalized spacial score (nSPS) is 17.7. The van der Waals surface area contributed by atoms with Crippen molar-refractivity contribution in [2.24, 2.45) is 0 Å². The minimum Gasteiger partial charge on any atom is -0.496 e. The van der Waals surface area contributed by atoms with Gasteiger partial charge in [0.2, 0.25) is 11.1 Å². The fraction of sp³-hybridized carbons (Fsp3) is 0.286. The molecule has 0 unspecified atom stereocenters. The largest absolute Gasteiger partial charge is 0.496 e. The summed E-state index contributed by atoms with van der Waals surface area (Å²) in [5.41, 5.74) is 6.31. The Morgan fingerprint density at radius 3 is 2.83 bits per heavy atom. The lowest BCUT2D eigenvalue weighted by atomic mass is 10.0. The number of ether oxygens (including phenoxy) is 1. The van der Waals surface area contributed by atoms with Crippen molar-refractivity contribution < 1.29 is 9.53 Å². The summed E-state index contributed by atoms with van der Waals surface area (Å²) < 4.78 is 8.01. The average molecular weight is 488 g/mol. The highest BCUT2D eigenvalue weighted by atomic mass is 79.9. The van der Waals surface area contributed by atoms with E-state index in [0.717, 1.165) is 39.3 Å². The van der Waals surface area contributed by atoms with Crippen molar-refractivity contribution in [2.45, 2.75) is 36.7 Å². The molecule has 0 fully saturated rings. The smallest absolute Gasteiger partial charge is 0.240 e. The molecular weight excluding hydrogens is 466 g/mol. The summed E-state index contributed by atoms with van der Waals surface area (Å²) in [5, 5.41) is 11.7. The number of benzene rings is 2. The summed E-state index contributed by atoms with van der Waals surface area (Å²) in [7, 11) is 1.63. The van der Waals surface area contributed by atoms with E-state index in [1.165, 1.54) is 11.8 Å². The van der Waals surface area contributed by atoms with Crippen LogP contribution >= 0.6 is 27.7 Å². The minimum absolute atomic E-state index is 0.0859. The molecule has 0 saturated heterocycles. The van der Waals surface area contributed by atoms with Crippen molar-refractivity contribution in [2.75, 3.05) is 17.9 Å². The van der Waals surface area contributed by atoms with Crippen molar-refractivity contribution in [3.8, 4) is 5.75 Å². The summed E-state index contributed by atoms with van der Waals surface area (Å²) in [4.78, 5) is 13.4. The van der Waals surface area contributed by atoms with E-state index >= 15 is 0 Å². The van der Waals surface area contributed by atoms with Gasteiger partial charge in [0.1, 0.15) is 16.8 Å². The molecule has 1 aliphatic rings. The zero-order chi connectivity index (χ0) is 21.3. The number of hydrogen-bond donors (Lipinski definition) is 2. The van der Waals surface area contributed by atoms with E-state index < -0.39 is 5.25 Å². The number of fused-ring (bicyclic) bond motifs is 1. The second-order valence-corrected chi connectivity index (χ2v) is 8.87. The van der Waals surface area contributed by atoms with Crippen LogP contribution in [0.25, 0.3) is 0 Å². The molecule has 9 heteroatoms. The zero-order valence-corrected chi connectivity index (χ0v) is 19.3. The van der Waals surface area contributed by atoms with Crippen LogP contribution < -0.4 is 15.5 Å². The molecule has 1 aliphatic heterocycles. The lowest BCUT2D eigenvalue weighted by Gasteiger charge is -2.33. The number of para-hydroxylation sites is 1. The third-order valence-corrected chi connectivity index (χ3v) is 6.88. The van der Waals surface area contributed by atoms with E-state index in [4.69, 9.17) is 4.74 Å². The van der Waals surface area contributed by atoms with Crippen LogP contribution in [0.1, 0.15) is 29.9 Å². The number of nitrogens with zero attached hydrogens (tertiary/aromatic N) is 3. The Hall–Kier alpha value is -2.52. The van der Waals surface area contributed by atoms with E-state index in [1.54, 1.807) is 7.11 Å². The van der Waals surface area contributed by atoms with Gasteiger partial charge in [0, 0.05) is 5.69 Å². The number of methoxy groups -OCH3 is 1. The van der Waals surface area contributed by atoms with E-state index in [2.05, 4.69) is 43.8 Å². The average Bonchev–Trinajstić information content (AvgIpc) is 3.13. The fourth-order valence-corrected chi connectivity index (χ4v) is 5.12. The molecule has 4 rings (SSSR count). The van der Waals surface area contributed by atoms with Crippen LogP contribution in [0.3, 0.4) is 0 Å². The number of hydrogen-bond acceptors (Lipinski definition) is 6. The van der Waals surface area contributed by atoms with Crippen molar-refractivity contribution in [3.05, 3.63) is 63.9 Å². The maximum atomic E-state index is 13.4. The van der Waals surface area contributed by atoms with Crippen LogP contribution in [0.15, 0.2) is 52.1 Å². The SMILES string of the molecule is CCc1ccccc1NC(=O)[C@@H]1Sc2nnc(C)n2N[C@H]1c1ccc(OC)c(Br)c1. The van der Waals surface area contributed by atoms with Gasteiger partial charge in [-0.25, -0.2) is 4.68 Å². The number of thioether (sulfide) groups is 1. The number of nitrogens with one attached hydrogen (secondary N) is 2. The molecule has 0 aliphatic carbocycles. The molecule has 2 heterocycles. The van der Waals surface area contributed by atoms with Crippen molar-refractivity contribution >= 4 is 39.3 Å². The molecule has 30 heavy (non-hydrogen) atoms. The first-order valence-electron chi connectivity index (χ1n) is 9.59. The lowest BCUT2D eigenvalue weighted by molar-refractivity contribution is -0.116. The van der Waals surface area contributed by atoms with Gasteiger partial charge in [0.25, 0.3) is 0 Å². The number of carbonyl (C=O) groups excluding carboxylic acids is 1. The van der Waals surface area contributed by atoms with Gasteiger partial charge in [-0.2, -0.15) is 0 Å². The first-order valence-corrected chi connectivity index (χ1v) is 11.3. The Bertz CT molecular complexity index is 1090. The Balaban J connectivity index is 1.69. The predicted octanol–water partition coefficient (Wildman–Crippen LogP) is 4.32. The standard InChI is InChI=1S/C21H22BrN5O2S/c1-4-13-7-5-6-8-16(13)23-20(28)19-18(14-9-10-17(29-3)15(22)11-14)26-27-12(2)24-25-21(27)30-19/h5-11,18-19,26H,4H2,1-3H3,(H,23,28)/t18-,19+/m0/s1. The highest BCUT2D eigenvalue weighted by Crippen LogP contribution is 2.39. The molecule has 156 valence electrons. The van der Waals surface area contributed by atoms with E-state index in [0.29, 0.717) is 5.16 Å². The molecule has 0 radical (unpaired) electrons. The van der Waals surface area contributed by atoms with Gasteiger partial charge in [-0.1, -0.05) is 43.0 Å². The minimum atomic E-state index is -0.439. The van der Waals surface area contributed by atoms with Crippen LogP contribution in [-0.2, 0) is 11.2 Å². The van der Waals surface area contributed by atoms with Gasteiger partial charge in [-0.15, -0.1) is 10.2 Å². The van der Waals surface area contributed by atoms with Gasteiger partial charge in [-0.05, 0) is 58.6 Å². The van der Waals surface area contributed by atoms with Gasteiger partial charge < -0.3 is 15.5 Å². The van der Waals surface area contributed by atoms with E-state index in [9.17, 15) is 4.79 Å². The highest BCUT2D eigenvalue weighted by molar-refractivity contribution is 9.10.